The SMILES string of the molecule is Cn1ncnc1COC(=O)c1c2c(nc3ccccc13)/C(=C\c1ccccc1)CCC2. The number of carbonyl (C=O) groups excluding carboxylic acids is 1. The molecular weight excluding hydrogens is 388 g/mol. The Labute approximate surface area is 180 Å². The molecule has 154 valence electrons. The van der Waals surface area contributed by atoms with Gasteiger partial charge in [0, 0.05) is 12.4 Å². The summed E-state index contributed by atoms with van der Waals surface area (Å²) >= 11 is 0. The van der Waals surface area contributed by atoms with Gasteiger partial charge < -0.3 is 4.74 Å². The molecule has 0 aliphatic heterocycles. The molecule has 0 fully saturated rings. The van der Waals surface area contributed by atoms with Crippen LogP contribution in [0.5, 0.6) is 0 Å². The van der Waals surface area contributed by atoms with Crippen molar-refractivity contribution in [2.45, 2.75) is 25.9 Å². The van der Waals surface area contributed by atoms with E-state index >= 15 is 0 Å². The predicted octanol–water partition coefficient (Wildman–Crippen LogP) is 4.60. The molecule has 5 rings (SSSR count). The van der Waals surface area contributed by atoms with Crippen LogP contribution in [0.3, 0.4) is 0 Å². The van der Waals surface area contributed by atoms with Gasteiger partial charge in [-0.1, -0.05) is 48.5 Å². The van der Waals surface area contributed by atoms with Crippen molar-refractivity contribution in [3.8, 4) is 0 Å². The molecule has 6 heteroatoms. The first-order valence-corrected chi connectivity index (χ1v) is 10.4. The van der Waals surface area contributed by atoms with Crippen molar-refractivity contribution in [2.24, 2.45) is 7.05 Å². The quantitative estimate of drug-likeness (QED) is 0.460. The van der Waals surface area contributed by atoms with E-state index in [9.17, 15) is 4.79 Å². The molecule has 2 aromatic carbocycles. The van der Waals surface area contributed by atoms with E-state index in [0.717, 1.165) is 52.6 Å². The van der Waals surface area contributed by atoms with E-state index in [1.54, 1.807) is 11.7 Å². The van der Waals surface area contributed by atoms with Crippen molar-refractivity contribution < 1.29 is 9.53 Å². The van der Waals surface area contributed by atoms with Gasteiger partial charge in [-0.15, -0.1) is 0 Å². The van der Waals surface area contributed by atoms with Gasteiger partial charge in [0.15, 0.2) is 12.4 Å². The summed E-state index contributed by atoms with van der Waals surface area (Å²) in [6, 6.07) is 18.0. The average molecular weight is 410 g/mol. The minimum atomic E-state index is -0.348. The number of hydrogen-bond acceptors (Lipinski definition) is 5. The highest BCUT2D eigenvalue weighted by atomic mass is 16.5. The van der Waals surface area contributed by atoms with Gasteiger partial charge in [-0.2, -0.15) is 5.10 Å². The highest BCUT2D eigenvalue weighted by molar-refractivity contribution is 6.06. The van der Waals surface area contributed by atoms with Gasteiger partial charge in [0.1, 0.15) is 6.33 Å². The third kappa shape index (κ3) is 3.72. The molecule has 0 saturated heterocycles. The van der Waals surface area contributed by atoms with E-state index in [-0.39, 0.29) is 12.6 Å². The number of nitrogens with zero attached hydrogens (tertiary/aromatic N) is 4. The molecule has 0 radical (unpaired) electrons. The molecule has 0 N–H and O–H groups in total. The van der Waals surface area contributed by atoms with Crippen LogP contribution in [0.2, 0.25) is 0 Å². The number of allylic oxidation sites excluding steroid dienone is 1. The summed E-state index contributed by atoms with van der Waals surface area (Å²) in [5.41, 5.74) is 5.57. The summed E-state index contributed by atoms with van der Waals surface area (Å²) in [5, 5.41) is 4.86. The van der Waals surface area contributed by atoms with Crippen LogP contribution >= 0.6 is 0 Å². The van der Waals surface area contributed by atoms with Crippen molar-refractivity contribution in [3.05, 3.63) is 89.1 Å². The van der Waals surface area contributed by atoms with Crippen molar-refractivity contribution in [3.63, 3.8) is 0 Å². The van der Waals surface area contributed by atoms with Crippen LogP contribution in [0.25, 0.3) is 22.6 Å². The Morgan fingerprint density at radius 3 is 2.71 bits per heavy atom. The van der Waals surface area contributed by atoms with Crippen LogP contribution in [0, 0.1) is 0 Å². The second-order valence-electron chi connectivity index (χ2n) is 7.64. The zero-order chi connectivity index (χ0) is 21.2. The van der Waals surface area contributed by atoms with Crippen molar-refractivity contribution in [1.29, 1.82) is 0 Å². The van der Waals surface area contributed by atoms with E-state index in [1.807, 2.05) is 42.5 Å². The largest absolute Gasteiger partial charge is 0.454 e. The summed E-state index contributed by atoms with van der Waals surface area (Å²) in [5.74, 6) is 0.254. The van der Waals surface area contributed by atoms with Crippen molar-refractivity contribution in [2.75, 3.05) is 0 Å². The standard InChI is InChI=1S/C25H22N4O2/c1-29-22(26-16-27-29)15-31-25(30)23-19-11-5-6-13-21(19)28-24-18(10-7-12-20(23)24)14-17-8-3-2-4-9-17/h2-6,8-9,11,13-14,16H,7,10,12,15H2,1H3/b18-14-. The lowest BCUT2D eigenvalue weighted by Gasteiger charge is -2.22. The first-order valence-electron chi connectivity index (χ1n) is 10.4. The Hall–Kier alpha value is -3.80. The number of fused-ring (bicyclic) bond motifs is 2. The second-order valence-corrected chi connectivity index (χ2v) is 7.64. The maximum Gasteiger partial charge on any atom is 0.339 e. The zero-order valence-electron chi connectivity index (χ0n) is 17.3. The second kappa shape index (κ2) is 8.14. The average Bonchev–Trinajstić information content (AvgIpc) is 3.21. The van der Waals surface area contributed by atoms with Gasteiger partial charge in [0.05, 0.1) is 16.8 Å². The van der Waals surface area contributed by atoms with Crippen LogP contribution < -0.4 is 0 Å². The van der Waals surface area contributed by atoms with Crippen LogP contribution in [0.15, 0.2) is 60.9 Å². The minimum absolute atomic E-state index is 0.0769. The number of carbonyl (C=O) groups is 1. The van der Waals surface area contributed by atoms with Crippen LogP contribution in [0.1, 0.15) is 45.8 Å². The number of esters is 1. The fourth-order valence-electron chi connectivity index (χ4n) is 4.11. The Morgan fingerprint density at radius 1 is 1.10 bits per heavy atom. The summed E-state index contributed by atoms with van der Waals surface area (Å²) in [6.07, 6.45) is 6.32. The van der Waals surface area contributed by atoms with Gasteiger partial charge in [-0.25, -0.2) is 14.8 Å². The van der Waals surface area contributed by atoms with Gasteiger partial charge in [-0.05, 0) is 48.1 Å². The monoisotopic (exact) mass is 410 g/mol. The third-order valence-corrected chi connectivity index (χ3v) is 5.65. The molecular formula is C25H22N4O2. The van der Waals surface area contributed by atoms with Gasteiger partial charge in [-0.3, -0.25) is 4.68 Å². The van der Waals surface area contributed by atoms with Gasteiger partial charge >= 0.3 is 5.97 Å². The molecule has 0 atom stereocenters. The van der Waals surface area contributed by atoms with E-state index < -0.39 is 0 Å². The molecule has 1 aliphatic carbocycles. The molecule has 0 amide bonds. The third-order valence-electron chi connectivity index (χ3n) is 5.65. The van der Waals surface area contributed by atoms with Crippen LogP contribution in [0.4, 0.5) is 0 Å². The molecule has 1 aliphatic rings. The molecule has 2 heterocycles. The lowest BCUT2D eigenvalue weighted by Crippen LogP contribution is -2.16. The maximum atomic E-state index is 13.3. The number of rotatable bonds is 4. The van der Waals surface area contributed by atoms with E-state index in [0.29, 0.717) is 11.4 Å². The molecule has 4 aromatic rings. The minimum Gasteiger partial charge on any atom is -0.454 e. The Balaban J connectivity index is 1.60. The number of aromatic nitrogens is 4. The highest BCUT2D eigenvalue weighted by Gasteiger charge is 2.26. The lowest BCUT2D eigenvalue weighted by molar-refractivity contribution is 0.0459. The predicted molar refractivity (Wildman–Crippen MR) is 119 cm³/mol. The fraction of sp³-hybridized carbons (Fsp3) is 0.200. The molecule has 31 heavy (non-hydrogen) atoms. The first-order chi connectivity index (χ1) is 15.2. The lowest BCUT2D eigenvalue weighted by atomic mass is 9.86. The smallest absolute Gasteiger partial charge is 0.339 e. The van der Waals surface area contributed by atoms with Gasteiger partial charge in [0.2, 0.25) is 0 Å². The van der Waals surface area contributed by atoms with Crippen LogP contribution in [-0.4, -0.2) is 25.7 Å². The Bertz CT molecular complexity index is 1290. The van der Waals surface area contributed by atoms with E-state index in [4.69, 9.17) is 9.72 Å². The maximum absolute atomic E-state index is 13.3. The topological polar surface area (TPSA) is 69.9 Å². The number of aryl methyl sites for hydroxylation is 1. The van der Waals surface area contributed by atoms with Crippen molar-refractivity contribution in [1.82, 2.24) is 19.7 Å². The van der Waals surface area contributed by atoms with Crippen molar-refractivity contribution >= 4 is 28.5 Å². The molecule has 0 unspecified atom stereocenters. The Kier molecular flexibility index (Phi) is 5.04. The molecule has 2 aromatic heterocycles. The summed E-state index contributed by atoms with van der Waals surface area (Å²) in [6.45, 7) is 0.0769. The number of hydrogen-bond donors (Lipinski definition) is 0. The van der Waals surface area contributed by atoms with Gasteiger partial charge in [0.25, 0.3) is 0 Å². The summed E-state index contributed by atoms with van der Waals surface area (Å²) in [4.78, 5) is 22.4. The number of para-hydroxylation sites is 1. The Morgan fingerprint density at radius 2 is 1.90 bits per heavy atom. The number of ether oxygens (including phenoxy) is 1. The van der Waals surface area contributed by atoms with E-state index in [1.165, 1.54) is 6.33 Å². The summed E-state index contributed by atoms with van der Waals surface area (Å²) < 4.78 is 7.28. The molecule has 0 saturated carbocycles. The normalized spacial score (nSPS) is 14.5. The fourth-order valence-corrected chi connectivity index (χ4v) is 4.11. The first kappa shape index (κ1) is 19.2. The molecule has 6 nitrogen and oxygen atoms in total. The number of benzene rings is 2. The summed E-state index contributed by atoms with van der Waals surface area (Å²) in [7, 11) is 1.78. The molecule has 0 spiro atoms. The van der Waals surface area contributed by atoms with Crippen LogP contribution in [-0.2, 0) is 24.8 Å². The molecule has 0 bridgehead atoms. The zero-order valence-corrected chi connectivity index (χ0v) is 17.3. The highest BCUT2D eigenvalue weighted by Crippen LogP contribution is 2.36. The number of pyridine rings is 1. The van der Waals surface area contributed by atoms with E-state index in [2.05, 4.69) is 28.3 Å².